The Morgan fingerprint density at radius 3 is 2.60 bits per heavy atom. The third-order valence-corrected chi connectivity index (χ3v) is 3.15. The van der Waals surface area contributed by atoms with E-state index in [1.54, 1.807) is 24.3 Å². The molecular weight excluding hydrogens is 284 g/mol. The smallest absolute Gasteiger partial charge is 0.341 e. The van der Waals surface area contributed by atoms with E-state index in [0.717, 1.165) is 6.42 Å². The molecule has 0 spiro atoms. The Hall–Kier alpha value is -1.60. The van der Waals surface area contributed by atoms with Gasteiger partial charge < -0.3 is 9.47 Å². The van der Waals surface area contributed by atoms with Gasteiger partial charge in [-0.25, -0.2) is 4.79 Å². The fraction of sp³-hybridized carbons (Fsp3) is 0.462. The van der Waals surface area contributed by atoms with Gasteiger partial charge in [-0.2, -0.15) is 8.42 Å². The summed E-state index contributed by atoms with van der Waals surface area (Å²) in [6.45, 7) is 2.30. The van der Waals surface area contributed by atoms with Crippen LogP contribution in [0.2, 0.25) is 0 Å². The summed E-state index contributed by atoms with van der Waals surface area (Å²) in [4.78, 5) is 11.8. The third-order valence-electron chi connectivity index (χ3n) is 2.35. The molecular formula is C13H18O6S. The molecule has 0 fully saturated rings. The average Bonchev–Trinajstić information content (AvgIpc) is 2.40. The number of rotatable bonds is 8. The molecule has 7 heteroatoms. The third kappa shape index (κ3) is 6.03. The van der Waals surface area contributed by atoms with Crippen molar-refractivity contribution in [2.24, 2.45) is 0 Å². The standard InChI is InChI=1S/C13H18O6S/c1-2-8-19-13(14)11-6-3-4-7-12(11)18-9-5-10-20(15,16)17/h3-4,6-7H,2,5,8-10H2,1H3,(H,15,16,17). The predicted octanol–water partition coefficient (Wildman–Crippen LogP) is 1.91. The Morgan fingerprint density at radius 1 is 1.25 bits per heavy atom. The van der Waals surface area contributed by atoms with Gasteiger partial charge in [0.1, 0.15) is 11.3 Å². The zero-order valence-electron chi connectivity index (χ0n) is 11.2. The largest absolute Gasteiger partial charge is 0.493 e. The van der Waals surface area contributed by atoms with Crippen molar-refractivity contribution in [2.75, 3.05) is 19.0 Å². The molecule has 1 rings (SSSR count). The highest BCUT2D eigenvalue weighted by Gasteiger charge is 2.13. The first-order valence-electron chi connectivity index (χ1n) is 6.28. The number of esters is 1. The predicted molar refractivity (Wildman–Crippen MR) is 73.5 cm³/mol. The quantitative estimate of drug-likeness (QED) is 0.448. The highest BCUT2D eigenvalue weighted by molar-refractivity contribution is 7.85. The normalized spacial score (nSPS) is 11.1. The van der Waals surface area contributed by atoms with Crippen molar-refractivity contribution < 1.29 is 27.2 Å². The lowest BCUT2D eigenvalue weighted by Gasteiger charge is -2.10. The number of benzene rings is 1. The van der Waals surface area contributed by atoms with Gasteiger partial charge in [0.05, 0.1) is 19.0 Å². The Labute approximate surface area is 118 Å². The van der Waals surface area contributed by atoms with Crippen LogP contribution in [0.25, 0.3) is 0 Å². The Bertz CT molecular complexity index is 538. The molecule has 20 heavy (non-hydrogen) atoms. The minimum Gasteiger partial charge on any atom is -0.493 e. The Kier molecular flexibility index (Phi) is 6.47. The summed E-state index contributed by atoms with van der Waals surface area (Å²) in [6, 6.07) is 6.58. The fourth-order valence-electron chi connectivity index (χ4n) is 1.46. The molecule has 0 unspecified atom stereocenters. The van der Waals surface area contributed by atoms with Gasteiger partial charge in [-0.1, -0.05) is 19.1 Å². The molecule has 6 nitrogen and oxygen atoms in total. The minimum absolute atomic E-state index is 0.0812. The molecule has 0 heterocycles. The van der Waals surface area contributed by atoms with Gasteiger partial charge in [0, 0.05) is 0 Å². The van der Waals surface area contributed by atoms with E-state index in [1.165, 1.54) is 0 Å². The number of hydrogen-bond donors (Lipinski definition) is 1. The molecule has 0 aromatic heterocycles. The maximum atomic E-state index is 11.8. The lowest BCUT2D eigenvalue weighted by molar-refractivity contribution is 0.0500. The molecule has 0 aliphatic rings. The molecule has 0 atom stereocenters. The van der Waals surface area contributed by atoms with Gasteiger partial charge in [0.25, 0.3) is 10.1 Å². The van der Waals surface area contributed by atoms with Gasteiger partial charge in [-0.15, -0.1) is 0 Å². The van der Waals surface area contributed by atoms with Gasteiger partial charge in [-0.05, 0) is 25.0 Å². The maximum absolute atomic E-state index is 11.8. The number of carbonyl (C=O) groups excluding carboxylic acids is 1. The zero-order valence-corrected chi connectivity index (χ0v) is 12.1. The summed E-state index contributed by atoms with van der Waals surface area (Å²) in [6.07, 6.45) is 0.861. The highest BCUT2D eigenvalue weighted by atomic mass is 32.2. The van der Waals surface area contributed by atoms with Crippen LogP contribution in [-0.4, -0.2) is 37.9 Å². The lowest BCUT2D eigenvalue weighted by atomic mass is 10.2. The molecule has 0 aliphatic carbocycles. The number of para-hydroxylation sites is 1. The molecule has 0 aliphatic heterocycles. The molecule has 0 saturated heterocycles. The van der Waals surface area contributed by atoms with Crippen molar-refractivity contribution in [2.45, 2.75) is 19.8 Å². The van der Waals surface area contributed by atoms with Crippen LogP contribution in [0, 0.1) is 0 Å². The minimum atomic E-state index is -3.99. The molecule has 1 N–H and O–H groups in total. The van der Waals surface area contributed by atoms with Gasteiger partial charge >= 0.3 is 5.97 Å². The van der Waals surface area contributed by atoms with Gasteiger partial charge in [-0.3, -0.25) is 4.55 Å². The van der Waals surface area contributed by atoms with Crippen molar-refractivity contribution in [3.63, 3.8) is 0 Å². The molecule has 1 aromatic rings. The van der Waals surface area contributed by atoms with Crippen LogP contribution in [0.4, 0.5) is 0 Å². The first kappa shape index (κ1) is 16.5. The topological polar surface area (TPSA) is 89.9 Å². The van der Waals surface area contributed by atoms with Crippen LogP contribution in [0.3, 0.4) is 0 Å². The van der Waals surface area contributed by atoms with E-state index in [1.807, 2.05) is 6.92 Å². The first-order valence-corrected chi connectivity index (χ1v) is 7.89. The summed E-state index contributed by atoms with van der Waals surface area (Å²) in [5, 5.41) is 0. The first-order chi connectivity index (χ1) is 9.44. The van der Waals surface area contributed by atoms with E-state index in [4.69, 9.17) is 14.0 Å². The lowest BCUT2D eigenvalue weighted by Crippen LogP contribution is -2.11. The number of ether oxygens (including phenoxy) is 2. The molecule has 0 radical (unpaired) electrons. The summed E-state index contributed by atoms with van der Waals surface area (Å²) < 4.78 is 40.1. The summed E-state index contributed by atoms with van der Waals surface area (Å²) in [5.74, 6) is -0.517. The van der Waals surface area contributed by atoms with Crippen LogP contribution in [0.1, 0.15) is 30.1 Å². The second-order valence-corrected chi connectivity index (χ2v) is 5.69. The molecule has 0 amide bonds. The van der Waals surface area contributed by atoms with E-state index in [9.17, 15) is 13.2 Å². The second-order valence-electron chi connectivity index (χ2n) is 4.12. The summed E-state index contributed by atoms with van der Waals surface area (Å²) in [5.41, 5.74) is 0.299. The van der Waals surface area contributed by atoms with Crippen molar-refractivity contribution in [1.82, 2.24) is 0 Å². The summed E-state index contributed by atoms with van der Waals surface area (Å²) in [7, 11) is -3.99. The van der Waals surface area contributed by atoms with Crippen molar-refractivity contribution in [1.29, 1.82) is 0 Å². The van der Waals surface area contributed by atoms with E-state index in [0.29, 0.717) is 17.9 Å². The monoisotopic (exact) mass is 302 g/mol. The van der Waals surface area contributed by atoms with Crippen LogP contribution in [-0.2, 0) is 14.9 Å². The number of carbonyl (C=O) groups is 1. The molecule has 112 valence electrons. The summed E-state index contributed by atoms with van der Waals surface area (Å²) >= 11 is 0. The van der Waals surface area contributed by atoms with E-state index in [2.05, 4.69) is 0 Å². The van der Waals surface area contributed by atoms with Crippen molar-refractivity contribution in [3.05, 3.63) is 29.8 Å². The number of hydrogen-bond acceptors (Lipinski definition) is 5. The van der Waals surface area contributed by atoms with Crippen molar-refractivity contribution >= 4 is 16.1 Å². The van der Waals surface area contributed by atoms with Crippen LogP contribution >= 0.6 is 0 Å². The fourth-order valence-corrected chi connectivity index (χ4v) is 1.94. The van der Waals surface area contributed by atoms with Gasteiger partial charge in [0.2, 0.25) is 0 Å². The SMILES string of the molecule is CCCOC(=O)c1ccccc1OCCCS(=O)(=O)O. The van der Waals surface area contributed by atoms with Crippen LogP contribution < -0.4 is 4.74 Å². The van der Waals surface area contributed by atoms with E-state index in [-0.39, 0.29) is 18.8 Å². The Morgan fingerprint density at radius 2 is 1.95 bits per heavy atom. The Balaban J connectivity index is 2.59. The zero-order chi connectivity index (χ0) is 15.0. The molecule has 1 aromatic carbocycles. The average molecular weight is 302 g/mol. The molecule has 0 saturated carbocycles. The van der Waals surface area contributed by atoms with E-state index >= 15 is 0 Å². The maximum Gasteiger partial charge on any atom is 0.341 e. The highest BCUT2D eigenvalue weighted by Crippen LogP contribution is 2.19. The second kappa shape index (κ2) is 7.86. The van der Waals surface area contributed by atoms with Crippen LogP contribution in [0.5, 0.6) is 5.75 Å². The molecule has 0 bridgehead atoms. The van der Waals surface area contributed by atoms with Gasteiger partial charge in [0.15, 0.2) is 0 Å². The van der Waals surface area contributed by atoms with Crippen LogP contribution in [0.15, 0.2) is 24.3 Å². The van der Waals surface area contributed by atoms with Crippen molar-refractivity contribution in [3.8, 4) is 5.75 Å². The van der Waals surface area contributed by atoms with E-state index < -0.39 is 16.1 Å².